The molecule has 0 aliphatic carbocycles. The summed E-state index contributed by atoms with van der Waals surface area (Å²) in [4.78, 5) is 22.5. The summed E-state index contributed by atoms with van der Waals surface area (Å²) in [5.74, 6) is -1.27. The van der Waals surface area contributed by atoms with Crippen LogP contribution in [0.3, 0.4) is 0 Å². The van der Waals surface area contributed by atoms with Gasteiger partial charge in [0.05, 0.1) is 39.6 Å². The van der Waals surface area contributed by atoms with Gasteiger partial charge in [0.2, 0.25) is 0 Å². The van der Waals surface area contributed by atoms with Crippen molar-refractivity contribution in [2.45, 2.75) is 168 Å². The van der Waals surface area contributed by atoms with Crippen molar-refractivity contribution in [1.29, 1.82) is 0 Å². The second-order valence-electron chi connectivity index (χ2n) is 13.1. The van der Waals surface area contributed by atoms with E-state index in [0.717, 1.165) is 12.2 Å². The van der Waals surface area contributed by atoms with Crippen LogP contribution in [-0.4, -0.2) is 79.0 Å². The van der Waals surface area contributed by atoms with E-state index in [4.69, 9.17) is 28.4 Å². The van der Waals surface area contributed by atoms with Gasteiger partial charge in [0.15, 0.2) is 0 Å². The van der Waals surface area contributed by atoms with Crippen LogP contribution in [0.1, 0.15) is 168 Å². The second-order valence-corrected chi connectivity index (χ2v) is 13.1. The zero-order chi connectivity index (χ0) is 38.9. The molecule has 0 aromatic carbocycles. The van der Waals surface area contributed by atoms with Crippen LogP contribution in [-0.2, 0) is 38.0 Å². The SMILES string of the molecule is C=CCCCCCCCCCCCC.C=CCCCCCCCCCCCCCC.COCCOCCOC(=O)/C=C\C(=O)OCCOCCOC. The van der Waals surface area contributed by atoms with E-state index < -0.39 is 11.9 Å². The molecule has 0 unspecified atom stereocenters. The second kappa shape index (κ2) is 53.4. The van der Waals surface area contributed by atoms with Crippen LogP contribution in [0.25, 0.3) is 0 Å². The van der Waals surface area contributed by atoms with Crippen molar-refractivity contribution in [1.82, 2.24) is 0 Å². The molecule has 0 bridgehead atoms. The number of ether oxygens (including phenoxy) is 6. The van der Waals surface area contributed by atoms with E-state index in [1.165, 1.54) is 154 Å². The fourth-order valence-electron chi connectivity index (χ4n) is 5.03. The minimum atomic E-state index is -0.636. The van der Waals surface area contributed by atoms with Crippen molar-refractivity contribution in [3.8, 4) is 0 Å². The summed E-state index contributed by atoms with van der Waals surface area (Å²) in [5, 5.41) is 0. The highest BCUT2D eigenvalue weighted by atomic mass is 16.6. The number of methoxy groups -OCH3 is 2. The van der Waals surface area contributed by atoms with Crippen molar-refractivity contribution in [3.63, 3.8) is 0 Å². The highest BCUT2D eigenvalue weighted by molar-refractivity contribution is 5.91. The maximum atomic E-state index is 11.2. The summed E-state index contributed by atoms with van der Waals surface area (Å²) < 4.78 is 29.4. The largest absolute Gasteiger partial charge is 0.460 e. The fourth-order valence-corrected chi connectivity index (χ4v) is 5.03. The first-order valence-electron chi connectivity index (χ1n) is 20.9. The zero-order valence-electron chi connectivity index (χ0n) is 34.6. The summed E-state index contributed by atoms with van der Waals surface area (Å²) in [6.45, 7) is 14.6. The molecule has 0 aliphatic rings. The fraction of sp³-hybridized carbons (Fsp3) is 0.818. The molecule has 0 saturated carbocycles. The van der Waals surface area contributed by atoms with E-state index in [1.807, 2.05) is 12.2 Å². The van der Waals surface area contributed by atoms with Gasteiger partial charge in [0, 0.05) is 26.4 Å². The Morgan fingerprint density at radius 3 is 0.942 bits per heavy atom. The number of unbranched alkanes of at least 4 members (excludes halogenated alkanes) is 22. The first kappa shape index (κ1) is 54.3. The van der Waals surface area contributed by atoms with Crippen LogP contribution in [0.15, 0.2) is 37.5 Å². The van der Waals surface area contributed by atoms with E-state index in [9.17, 15) is 9.59 Å². The molecule has 0 amide bonds. The van der Waals surface area contributed by atoms with Gasteiger partial charge in [0.25, 0.3) is 0 Å². The Morgan fingerprint density at radius 2 is 0.673 bits per heavy atom. The van der Waals surface area contributed by atoms with Crippen molar-refractivity contribution in [2.24, 2.45) is 0 Å². The first-order valence-corrected chi connectivity index (χ1v) is 20.9. The molecule has 0 spiro atoms. The molecule has 0 saturated heterocycles. The zero-order valence-corrected chi connectivity index (χ0v) is 34.6. The van der Waals surface area contributed by atoms with Crippen LogP contribution >= 0.6 is 0 Å². The van der Waals surface area contributed by atoms with Gasteiger partial charge < -0.3 is 28.4 Å². The lowest BCUT2D eigenvalue weighted by Crippen LogP contribution is -2.12. The van der Waals surface area contributed by atoms with Gasteiger partial charge in [-0.3, -0.25) is 0 Å². The minimum absolute atomic E-state index is 0.106. The highest BCUT2D eigenvalue weighted by Crippen LogP contribution is 2.13. The monoisotopic (exact) mass is 741 g/mol. The Hall–Kier alpha value is -2.00. The molecule has 0 aromatic heterocycles. The maximum Gasteiger partial charge on any atom is 0.331 e. The first-order chi connectivity index (χ1) is 25.5. The lowest BCUT2D eigenvalue weighted by Gasteiger charge is -2.04. The molecule has 8 heteroatoms. The molecular weight excluding hydrogens is 656 g/mol. The van der Waals surface area contributed by atoms with Gasteiger partial charge in [-0.25, -0.2) is 9.59 Å². The molecule has 0 aromatic rings. The predicted molar refractivity (Wildman–Crippen MR) is 219 cm³/mol. The van der Waals surface area contributed by atoms with Gasteiger partial charge in [-0.05, 0) is 25.7 Å². The number of carbonyl (C=O) groups is 2. The Kier molecular flexibility index (Phi) is 55.8. The molecule has 308 valence electrons. The molecule has 0 fully saturated rings. The number of rotatable bonds is 38. The molecule has 0 aliphatic heterocycles. The van der Waals surface area contributed by atoms with Crippen LogP contribution in [0.5, 0.6) is 0 Å². The number of allylic oxidation sites excluding steroid dienone is 2. The Morgan fingerprint density at radius 1 is 0.404 bits per heavy atom. The molecule has 0 heterocycles. The molecular formula is C44H84O8. The summed E-state index contributed by atoms with van der Waals surface area (Å²) in [7, 11) is 3.14. The quantitative estimate of drug-likeness (QED) is 0.0267. The Bertz CT molecular complexity index is 710. The smallest absolute Gasteiger partial charge is 0.331 e. The molecule has 0 radical (unpaired) electrons. The average molecular weight is 741 g/mol. The summed E-state index contributed by atoms with van der Waals surface area (Å²) in [6, 6.07) is 0. The van der Waals surface area contributed by atoms with E-state index in [0.29, 0.717) is 26.4 Å². The van der Waals surface area contributed by atoms with E-state index in [2.05, 4.69) is 27.0 Å². The normalized spacial score (nSPS) is 10.6. The third kappa shape index (κ3) is 57.3. The lowest BCUT2D eigenvalue weighted by molar-refractivity contribution is -0.142. The maximum absolute atomic E-state index is 11.2. The Balaban J connectivity index is -0.000000715. The minimum Gasteiger partial charge on any atom is -0.460 e. The Labute approximate surface area is 321 Å². The van der Waals surface area contributed by atoms with Crippen LogP contribution in [0.4, 0.5) is 0 Å². The van der Waals surface area contributed by atoms with Gasteiger partial charge in [-0.2, -0.15) is 0 Å². The third-order valence-corrected chi connectivity index (χ3v) is 8.19. The molecule has 0 atom stereocenters. The number of hydrogen-bond donors (Lipinski definition) is 0. The third-order valence-electron chi connectivity index (χ3n) is 8.19. The van der Waals surface area contributed by atoms with Crippen molar-refractivity contribution >= 4 is 11.9 Å². The van der Waals surface area contributed by atoms with Gasteiger partial charge >= 0.3 is 11.9 Å². The standard InChI is InChI=1S/C16H32.C14H24O8.C14H28/c1-3-5-7-9-11-13-15-16-14-12-10-8-6-4-2;1-17-5-7-19-9-11-21-13(15)3-4-14(16)22-12-10-20-8-6-18-2;1-3-5-7-9-11-13-14-12-10-8-6-4-2/h3H,1,4-16H2,2H3;3-4H,5-12H2,1-2H3;3H,1,4-14H2,2H3/b;4-3-;. The molecule has 0 N–H and O–H groups in total. The lowest BCUT2D eigenvalue weighted by atomic mass is 10.0. The molecule has 8 nitrogen and oxygen atoms in total. The highest BCUT2D eigenvalue weighted by Gasteiger charge is 2.01. The summed E-state index contributed by atoms with van der Waals surface area (Å²) in [6.07, 6.45) is 40.0. The number of hydrogen-bond acceptors (Lipinski definition) is 8. The van der Waals surface area contributed by atoms with E-state index in [1.54, 1.807) is 14.2 Å². The van der Waals surface area contributed by atoms with Gasteiger partial charge in [0.1, 0.15) is 13.2 Å². The van der Waals surface area contributed by atoms with Gasteiger partial charge in [-0.1, -0.05) is 154 Å². The topological polar surface area (TPSA) is 89.5 Å². The predicted octanol–water partition coefficient (Wildman–Crippen LogP) is 11.7. The van der Waals surface area contributed by atoms with Crippen molar-refractivity contribution in [3.05, 3.63) is 37.5 Å². The number of esters is 2. The van der Waals surface area contributed by atoms with Gasteiger partial charge in [-0.15, -0.1) is 13.2 Å². The molecule has 52 heavy (non-hydrogen) atoms. The average Bonchev–Trinajstić information content (AvgIpc) is 3.15. The van der Waals surface area contributed by atoms with Crippen molar-refractivity contribution in [2.75, 3.05) is 67.1 Å². The van der Waals surface area contributed by atoms with Crippen molar-refractivity contribution < 1.29 is 38.0 Å². The number of carbonyl (C=O) groups excluding carboxylic acids is 2. The van der Waals surface area contributed by atoms with Crippen LogP contribution in [0.2, 0.25) is 0 Å². The molecule has 0 rings (SSSR count). The summed E-state index contributed by atoms with van der Waals surface area (Å²) in [5.41, 5.74) is 0. The van der Waals surface area contributed by atoms with Crippen LogP contribution < -0.4 is 0 Å². The van der Waals surface area contributed by atoms with E-state index in [-0.39, 0.29) is 26.4 Å². The van der Waals surface area contributed by atoms with Crippen LogP contribution in [0, 0.1) is 0 Å². The van der Waals surface area contributed by atoms with E-state index >= 15 is 0 Å². The summed E-state index contributed by atoms with van der Waals surface area (Å²) >= 11 is 0.